The minimum atomic E-state index is -3.50. The Morgan fingerprint density at radius 1 is 0.600 bits per heavy atom. The first kappa shape index (κ1) is 16.8. The van der Waals surface area contributed by atoms with Crippen molar-refractivity contribution in [1.29, 1.82) is 0 Å². The van der Waals surface area contributed by atoms with Crippen LogP contribution in [-0.2, 0) is 19.7 Å². The quantitative estimate of drug-likeness (QED) is 0.822. The van der Waals surface area contributed by atoms with Gasteiger partial charge in [-0.25, -0.2) is 16.8 Å². The molecule has 0 aromatic heterocycles. The summed E-state index contributed by atoms with van der Waals surface area (Å²) in [7, 11) is -7.00. The Morgan fingerprint density at radius 3 is 1.32 bits per heavy atom. The monoisotopic (exact) mass is 376 g/mol. The zero-order valence-electron chi connectivity index (χ0n) is 13.7. The molecule has 2 aromatic rings. The number of fused-ring (bicyclic) bond motifs is 2. The van der Waals surface area contributed by atoms with Crippen molar-refractivity contribution in [3.63, 3.8) is 0 Å². The van der Waals surface area contributed by atoms with Crippen molar-refractivity contribution in [3.8, 4) is 0 Å². The van der Waals surface area contributed by atoms with Crippen LogP contribution in [0.3, 0.4) is 0 Å². The summed E-state index contributed by atoms with van der Waals surface area (Å²) >= 11 is 0. The molecule has 2 fully saturated rings. The summed E-state index contributed by atoms with van der Waals surface area (Å²) in [5.74, 6) is -0.622. The maximum atomic E-state index is 13.0. The molecule has 2 saturated carbocycles. The molecule has 0 N–H and O–H groups in total. The Bertz CT molecular complexity index is 877. The van der Waals surface area contributed by atoms with Crippen LogP contribution in [0, 0.1) is 11.8 Å². The lowest BCUT2D eigenvalue weighted by atomic mass is 9.64. The van der Waals surface area contributed by atoms with Gasteiger partial charge in [0.1, 0.15) is 0 Å². The molecule has 132 valence electrons. The average Bonchev–Trinajstić information content (AvgIpc) is 2.63. The first-order valence-corrected chi connectivity index (χ1v) is 11.6. The van der Waals surface area contributed by atoms with Gasteiger partial charge in [-0.1, -0.05) is 42.8 Å². The van der Waals surface area contributed by atoms with Gasteiger partial charge < -0.3 is 0 Å². The number of benzene rings is 2. The van der Waals surface area contributed by atoms with Gasteiger partial charge >= 0.3 is 0 Å². The Kier molecular flexibility index (Phi) is 4.00. The van der Waals surface area contributed by atoms with Crippen LogP contribution in [0.4, 0.5) is 0 Å². The Labute approximate surface area is 148 Å². The topological polar surface area (TPSA) is 68.3 Å². The van der Waals surface area contributed by atoms with Crippen LogP contribution < -0.4 is 0 Å². The van der Waals surface area contributed by atoms with E-state index in [0.29, 0.717) is 22.6 Å². The second-order valence-corrected chi connectivity index (χ2v) is 11.1. The molecule has 0 aliphatic heterocycles. The summed E-state index contributed by atoms with van der Waals surface area (Å²) in [5.41, 5.74) is 0. The molecular formula is C19H20O4S2. The van der Waals surface area contributed by atoms with Gasteiger partial charge in [-0.2, -0.15) is 0 Å². The van der Waals surface area contributed by atoms with Crippen molar-refractivity contribution < 1.29 is 16.8 Å². The molecule has 0 radical (unpaired) electrons. The molecule has 0 heterocycles. The highest BCUT2D eigenvalue weighted by Crippen LogP contribution is 2.55. The smallest absolute Gasteiger partial charge is 0.181 e. The minimum Gasteiger partial charge on any atom is -0.223 e. The number of sulfone groups is 2. The van der Waals surface area contributed by atoms with E-state index in [0.717, 1.165) is 6.42 Å². The van der Waals surface area contributed by atoms with Crippen LogP contribution in [0.2, 0.25) is 0 Å². The van der Waals surface area contributed by atoms with E-state index in [9.17, 15) is 16.8 Å². The van der Waals surface area contributed by atoms with Gasteiger partial charge in [0, 0.05) is 0 Å². The molecule has 25 heavy (non-hydrogen) atoms. The summed E-state index contributed by atoms with van der Waals surface area (Å²) in [6.07, 6.45) is 2.21. The van der Waals surface area contributed by atoms with E-state index in [4.69, 9.17) is 0 Å². The maximum absolute atomic E-state index is 13.0. The summed E-state index contributed by atoms with van der Waals surface area (Å²) in [6.45, 7) is 0. The van der Waals surface area contributed by atoms with Gasteiger partial charge in [-0.15, -0.1) is 0 Å². The molecule has 2 aliphatic carbocycles. The van der Waals surface area contributed by atoms with Crippen LogP contribution in [0.5, 0.6) is 0 Å². The van der Waals surface area contributed by atoms with E-state index in [-0.39, 0.29) is 11.8 Å². The molecule has 6 heteroatoms. The van der Waals surface area contributed by atoms with Crippen LogP contribution in [-0.4, -0.2) is 27.3 Å². The van der Waals surface area contributed by atoms with E-state index in [1.807, 2.05) is 0 Å². The molecular weight excluding hydrogens is 356 g/mol. The highest BCUT2D eigenvalue weighted by Gasteiger charge is 2.62. The fraction of sp³-hybridized carbons (Fsp3) is 0.368. The second kappa shape index (κ2) is 5.95. The fourth-order valence-corrected chi connectivity index (χ4v) is 9.53. The Hall–Kier alpha value is -1.66. The van der Waals surface area contributed by atoms with Gasteiger partial charge in [0.2, 0.25) is 0 Å². The normalized spacial score (nSPS) is 29.0. The van der Waals surface area contributed by atoms with Gasteiger partial charge in [-0.3, -0.25) is 0 Å². The summed E-state index contributed by atoms with van der Waals surface area (Å²) in [5, 5.41) is -1.15. The largest absolute Gasteiger partial charge is 0.223 e. The van der Waals surface area contributed by atoms with Crippen LogP contribution >= 0.6 is 0 Å². The molecule has 4 nitrogen and oxygen atoms in total. The van der Waals surface area contributed by atoms with Gasteiger partial charge in [0.15, 0.2) is 19.7 Å². The number of rotatable bonds is 4. The fourth-order valence-electron chi connectivity index (χ4n) is 4.56. The van der Waals surface area contributed by atoms with Crippen LogP contribution in [0.1, 0.15) is 19.3 Å². The van der Waals surface area contributed by atoms with Crippen molar-refractivity contribution in [2.45, 2.75) is 39.6 Å². The second-order valence-electron chi connectivity index (χ2n) is 6.90. The number of hydrogen-bond donors (Lipinski definition) is 0. The first-order valence-electron chi connectivity index (χ1n) is 8.52. The lowest BCUT2D eigenvalue weighted by Crippen LogP contribution is -2.63. The predicted octanol–water partition coefficient (Wildman–Crippen LogP) is 3.10. The van der Waals surface area contributed by atoms with E-state index >= 15 is 0 Å². The van der Waals surface area contributed by atoms with Gasteiger partial charge in [0.05, 0.1) is 20.3 Å². The van der Waals surface area contributed by atoms with Crippen molar-refractivity contribution in [2.75, 3.05) is 0 Å². The van der Waals surface area contributed by atoms with Crippen molar-refractivity contribution in [2.24, 2.45) is 11.8 Å². The van der Waals surface area contributed by atoms with Crippen LogP contribution in [0.15, 0.2) is 70.5 Å². The van der Waals surface area contributed by atoms with E-state index in [1.165, 1.54) is 0 Å². The third-order valence-electron chi connectivity index (χ3n) is 5.62. The Balaban J connectivity index is 1.70. The summed E-state index contributed by atoms with van der Waals surface area (Å²) in [6, 6.07) is 16.8. The maximum Gasteiger partial charge on any atom is 0.181 e. The molecule has 2 aromatic carbocycles. The molecule has 0 atom stereocenters. The standard InChI is InChI=1S/C19H20O4S2/c20-24(21,14-8-3-1-4-9-14)18-16-12-7-13-17(18)19(16)25(22,23)15-10-5-2-6-11-15/h1-6,8-11,16-19H,7,12-13H2. The zero-order chi connectivity index (χ0) is 17.7. The third-order valence-corrected chi connectivity index (χ3v) is 10.3. The highest BCUT2D eigenvalue weighted by molar-refractivity contribution is 7.94. The molecule has 4 rings (SSSR count). The van der Waals surface area contributed by atoms with Crippen molar-refractivity contribution in [1.82, 2.24) is 0 Å². The third kappa shape index (κ3) is 2.54. The van der Waals surface area contributed by atoms with E-state index in [2.05, 4.69) is 0 Å². The average molecular weight is 376 g/mol. The highest BCUT2D eigenvalue weighted by atomic mass is 32.2. The lowest BCUT2D eigenvalue weighted by molar-refractivity contribution is 0.127. The van der Waals surface area contributed by atoms with Gasteiger partial charge in [-0.05, 0) is 48.9 Å². The van der Waals surface area contributed by atoms with Crippen molar-refractivity contribution >= 4 is 19.7 Å². The summed E-state index contributed by atoms with van der Waals surface area (Å²) in [4.78, 5) is 0.597. The van der Waals surface area contributed by atoms with Crippen LogP contribution in [0.25, 0.3) is 0 Å². The molecule has 0 spiro atoms. The molecule has 0 unspecified atom stereocenters. The zero-order valence-corrected chi connectivity index (χ0v) is 15.3. The molecule has 2 bridgehead atoms. The predicted molar refractivity (Wildman–Crippen MR) is 95.7 cm³/mol. The lowest BCUT2D eigenvalue weighted by Gasteiger charge is -2.54. The van der Waals surface area contributed by atoms with Crippen molar-refractivity contribution in [3.05, 3.63) is 60.7 Å². The molecule has 0 saturated heterocycles. The summed E-state index contributed by atoms with van der Waals surface area (Å²) < 4.78 is 52.2. The first-order chi connectivity index (χ1) is 11.9. The Morgan fingerprint density at radius 2 is 0.960 bits per heavy atom. The number of hydrogen-bond acceptors (Lipinski definition) is 4. The molecule has 0 amide bonds. The van der Waals surface area contributed by atoms with Gasteiger partial charge in [0.25, 0.3) is 0 Å². The van der Waals surface area contributed by atoms with E-state index < -0.39 is 30.2 Å². The van der Waals surface area contributed by atoms with E-state index in [1.54, 1.807) is 60.7 Å². The SMILES string of the molecule is O=S(=O)(c1ccccc1)C1C2CCCC1C2S(=O)(=O)c1ccccc1. The molecule has 2 aliphatic rings. The minimum absolute atomic E-state index is 0.299.